The summed E-state index contributed by atoms with van der Waals surface area (Å²) in [5.74, 6) is 0.649. The number of hydrogen-bond acceptors (Lipinski definition) is 4. The molecule has 0 N–H and O–H groups in total. The summed E-state index contributed by atoms with van der Waals surface area (Å²) in [6.07, 6.45) is 0.184. The van der Waals surface area contributed by atoms with Gasteiger partial charge < -0.3 is 4.90 Å². The Kier molecular flexibility index (Phi) is 1.83. The lowest BCUT2D eigenvalue weighted by atomic mass is 10.1. The number of anilines is 1. The highest BCUT2D eigenvalue weighted by molar-refractivity contribution is 5.92. The minimum atomic E-state index is -0.673. The van der Waals surface area contributed by atoms with Crippen LogP contribution in [-0.2, 0) is 6.42 Å². The van der Waals surface area contributed by atoms with Crippen molar-refractivity contribution in [2.24, 2.45) is 0 Å². The lowest BCUT2D eigenvalue weighted by molar-refractivity contribution is 0.542. The summed E-state index contributed by atoms with van der Waals surface area (Å²) in [6.45, 7) is 2.71. The summed E-state index contributed by atoms with van der Waals surface area (Å²) in [4.78, 5) is 14.1. The summed E-state index contributed by atoms with van der Waals surface area (Å²) in [6, 6.07) is 1.80. The van der Waals surface area contributed by atoms with Gasteiger partial charge in [-0.2, -0.15) is 9.37 Å². The molecule has 0 atom stereocenters. The Morgan fingerprint density at radius 3 is 2.94 bits per heavy atom. The Balaban J connectivity index is 2.46. The Hall–Kier alpha value is -1.78. The largest absolute Gasteiger partial charge is 0.359 e. The second-order valence-electron chi connectivity index (χ2n) is 4.09. The van der Waals surface area contributed by atoms with Crippen molar-refractivity contribution in [3.05, 3.63) is 23.5 Å². The predicted molar refractivity (Wildman–Crippen MR) is 59.0 cm³/mol. The van der Waals surface area contributed by atoms with Gasteiger partial charge in [0.1, 0.15) is 5.82 Å². The van der Waals surface area contributed by atoms with Crippen molar-refractivity contribution >= 4 is 16.7 Å². The molecule has 0 aromatic carbocycles. The van der Waals surface area contributed by atoms with Crippen LogP contribution in [0.2, 0.25) is 0 Å². The van der Waals surface area contributed by atoms with E-state index < -0.39 is 6.08 Å². The van der Waals surface area contributed by atoms with Crippen LogP contribution in [0, 0.1) is 13.0 Å². The van der Waals surface area contributed by atoms with Crippen LogP contribution in [0.5, 0.6) is 0 Å². The van der Waals surface area contributed by atoms with Crippen LogP contribution in [0.25, 0.3) is 10.9 Å². The van der Waals surface area contributed by atoms with E-state index in [0.29, 0.717) is 11.3 Å². The number of likely N-dealkylation sites (N-methyl/N-ethyl adjacent to an activating group) is 1. The van der Waals surface area contributed by atoms with Crippen LogP contribution in [0.1, 0.15) is 11.4 Å². The van der Waals surface area contributed by atoms with Crippen molar-refractivity contribution < 1.29 is 4.39 Å². The average Bonchev–Trinajstić information content (AvgIpc) is 2.22. The highest BCUT2D eigenvalue weighted by Gasteiger charge is 2.21. The first-order valence-corrected chi connectivity index (χ1v) is 5.20. The van der Waals surface area contributed by atoms with Gasteiger partial charge >= 0.3 is 6.08 Å². The van der Waals surface area contributed by atoms with Crippen molar-refractivity contribution in [3.8, 4) is 0 Å². The summed E-state index contributed by atoms with van der Waals surface area (Å²) >= 11 is 0. The fraction of sp³-hybridized carbons (Fsp3) is 0.364. The standard InChI is InChI=1S/C11H11FN4/c1-6-5-8-9-7(13-6)3-4-16(2)10(9)15-11(12)14-8/h5H,3-4H2,1-2H3. The Labute approximate surface area is 92.2 Å². The molecule has 0 spiro atoms. The average molecular weight is 218 g/mol. The second-order valence-corrected chi connectivity index (χ2v) is 4.09. The molecule has 3 rings (SSSR count). The van der Waals surface area contributed by atoms with E-state index in [1.807, 2.05) is 18.9 Å². The third-order valence-electron chi connectivity index (χ3n) is 2.88. The fourth-order valence-corrected chi connectivity index (χ4v) is 2.16. The number of aromatic nitrogens is 3. The highest BCUT2D eigenvalue weighted by Crippen LogP contribution is 2.29. The molecule has 2 aromatic rings. The second kappa shape index (κ2) is 3.10. The maximum absolute atomic E-state index is 13.3. The van der Waals surface area contributed by atoms with E-state index >= 15 is 0 Å². The molecule has 2 aromatic heterocycles. The number of nitrogens with zero attached hydrogens (tertiary/aromatic N) is 4. The van der Waals surface area contributed by atoms with E-state index in [-0.39, 0.29) is 0 Å². The molecule has 0 bridgehead atoms. The van der Waals surface area contributed by atoms with Crippen LogP contribution in [0.3, 0.4) is 0 Å². The first kappa shape index (κ1) is 9.45. The van der Waals surface area contributed by atoms with Crippen LogP contribution >= 0.6 is 0 Å². The van der Waals surface area contributed by atoms with Gasteiger partial charge in [0.25, 0.3) is 0 Å². The zero-order valence-electron chi connectivity index (χ0n) is 9.16. The molecule has 4 nitrogen and oxygen atoms in total. The van der Waals surface area contributed by atoms with Crippen molar-refractivity contribution in [2.45, 2.75) is 13.3 Å². The monoisotopic (exact) mass is 218 g/mol. The topological polar surface area (TPSA) is 41.9 Å². The molecule has 3 heterocycles. The van der Waals surface area contributed by atoms with Crippen LogP contribution < -0.4 is 4.90 Å². The SMILES string of the molecule is Cc1cc2nc(F)nc3c2c(n1)CCN3C. The number of aryl methyl sites for hydroxylation is 1. The van der Waals surface area contributed by atoms with E-state index in [0.717, 1.165) is 29.7 Å². The van der Waals surface area contributed by atoms with Gasteiger partial charge in [-0.3, -0.25) is 4.98 Å². The summed E-state index contributed by atoms with van der Waals surface area (Å²) in [5.41, 5.74) is 2.50. The third kappa shape index (κ3) is 1.24. The normalized spacial score (nSPS) is 14.6. The van der Waals surface area contributed by atoms with Crippen molar-refractivity contribution in [1.29, 1.82) is 0 Å². The smallest absolute Gasteiger partial charge is 0.311 e. The fourth-order valence-electron chi connectivity index (χ4n) is 2.16. The molecule has 16 heavy (non-hydrogen) atoms. The van der Waals surface area contributed by atoms with E-state index in [2.05, 4.69) is 15.0 Å². The maximum atomic E-state index is 13.3. The molecule has 82 valence electrons. The first-order valence-electron chi connectivity index (χ1n) is 5.20. The van der Waals surface area contributed by atoms with Crippen molar-refractivity contribution in [1.82, 2.24) is 15.0 Å². The minimum Gasteiger partial charge on any atom is -0.359 e. The van der Waals surface area contributed by atoms with Gasteiger partial charge in [-0.1, -0.05) is 0 Å². The molecule has 0 aliphatic carbocycles. The summed E-state index contributed by atoms with van der Waals surface area (Å²) in [5, 5.41) is 0.890. The number of halogens is 1. The van der Waals surface area contributed by atoms with Gasteiger partial charge in [-0.15, -0.1) is 0 Å². The molecular formula is C11H11FN4. The third-order valence-corrected chi connectivity index (χ3v) is 2.88. The number of pyridine rings is 1. The van der Waals surface area contributed by atoms with Gasteiger partial charge in [0.05, 0.1) is 16.6 Å². The molecule has 0 unspecified atom stereocenters. The number of rotatable bonds is 0. The molecule has 5 heteroatoms. The molecular weight excluding hydrogens is 207 g/mol. The van der Waals surface area contributed by atoms with Gasteiger partial charge in [0.2, 0.25) is 0 Å². The molecule has 0 amide bonds. The molecule has 0 radical (unpaired) electrons. The zero-order valence-corrected chi connectivity index (χ0v) is 9.16. The van der Waals surface area contributed by atoms with Crippen LogP contribution in [0.15, 0.2) is 6.07 Å². The van der Waals surface area contributed by atoms with Gasteiger partial charge in [0, 0.05) is 25.7 Å². The van der Waals surface area contributed by atoms with Gasteiger partial charge in [-0.25, -0.2) is 4.98 Å². The molecule has 1 aliphatic heterocycles. The quantitative estimate of drug-likeness (QED) is 0.628. The highest BCUT2D eigenvalue weighted by atomic mass is 19.1. The summed E-state index contributed by atoms with van der Waals surface area (Å²) < 4.78 is 13.3. The predicted octanol–water partition coefficient (Wildman–Crippen LogP) is 1.46. The molecule has 0 saturated carbocycles. The van der Waals surface area contributed by atoms with E-state index in [1.165, 1.54) is 0 Å². The zero-order chi connectivity index (χ0) is 11.3. The van der Waals surface area contributed by atoms with Crippen molar-refractivity contribution in [2.75, 3.05) is 18.5 Å². The first-order chi connectivity index (χ1) is 7.65. The molecule has 0 fully saturated rings. The van der Waals surface area contributed by atoms with E-state index in [1.54, 1.807) is 6.07 Å². The van der Waals surface area contributed by atoms with E-state index in [9.17, 15) is 4.39 Å². The van der Waals surface area contributed by atoms with Gasteiger partial charge in [0.15, 0.2) is 0 Å². The Bertz CT molecular complexity index is 576. The Morgan fingerprint density at radius 2 is 2.12 bits per heavy atom. The van der Waals surface area contributed by atoms with Crippen LogP contribution in [0.4, 0.5) is 10.2 Å². The summed E-state index contributed by atoms with van der Waals surface area (Å²) in [7, 11) is 1.91. The molecule has 0 saturated heterocycles. The van der Waals surface area contributed by atoms with E-state index in [4.69, 9.17) is 0 Å². The Morgan fingerprint density at radius 1 is 1.31 bits per heavy atom. The lowest BCUT2D eigenvalue weighted by Gasteiger charge is -2.25. The minimum absolute atomic E-state index is 0.649. The maximum Gasteiger partial charge on any atom is 0.311 e. The number of hydrogen-bond donors (Lipinski definition) is 0. The van der Waals surface area contributed by atoms with Gasteiger partial charge in [-0.05, 0) is 13.0 Å². The van der Waals surface area contributed by atoms with Crippen LogP contribution in [-0.4, -0.2) is 28.5 Å². The lowest BCUT2D eigenvalue weighted by Crippen LogP contribution is -2.27. The molecule has 1 aliphatic rings. The van der Waals surface area contributed by atoms with Crippen molar-refractivity contribution in [3.63, 3.8) is 0 Å².